The lowest BCUT2D eigenvalue weighted by molar-refractivity contribution is -0.132. The predicted molar refractivity (Wildman–Crippen MR) is 259 cm³/mol. The molecule has 0 aromatic rings. The molecular formula is C53H107N3O3. The molecule has 0 aliphatic heterocycles. The summed E-state index contributed by atoms with van der Waals surface area (Å²) in [6.07, 6.45) is 47.5. The van der Waals surface area contributed by atoms with Crippen molar-refractivity contribution in [2.24, 2.45) is 0 Å². The van der Waals surface area contributed by atoms with Crippen LogP contribution in [0.2, 0.25) is 0 Å². The van der Waals surface area contributed by atoms with E-state index in [1.165, 1.54) is 180 Å². The first kappa shape index (κ1) is 57.9. The van der Waals surface area contributed by atoms with E-state index < -0.39 is 0 Å². The molecular weight excluding hydrogens is 727 g/mol. The largest absolute Gasteiger partial charge is 0.396 e. The number of nitrogens with zero attached hydrogens (tertiary/aromatic N) is 3. The molecule has 0 aliphatic rings. The van der Waals surface area contributed by atoms with Gasteiger partial charge in [-0.05, 0) is 77.4 Å². The highest BCUT2D eigenvalue weighted by Gasteiger charge is 2.16. The molecule has 0 saturated carbocycles. The Labute approximate surface area is 370 Å². The third-order valence-corrected chi connectivity index (χ3v) is 12.7. The highest BCUT2D eigenvalue weighted by Crippen LogP contribution is 2.15. The number of aliphatic hydroxyl groups is 1. The summed E-state index contributed by atoms with van der Waals surface area (Å²) in [5.74, 6) is 0.702. The molecule has 1 N–H and O–H groups in total. The number of carbonyl (C=O) groups is 2. The molecule has 6 heteroatoms. The zero-order chi connectivity index (χ0) is 43.1. The van der Waals surface area contributed by atoms with Gasteiger partial charge in [-0.3, -0.25) is 9.59 Å². The van der Waals surface area contributed by atoms with Crippen molar-refractivity contribution in [3.8, 4) is 0 Å². The smallest absolute Gasteiger partial charge is 0.222 e. The van der Waals surface area contributed by atoms with Crippen LogP contribution in [0.15, 0.2) is 0 Å². The van der Waals surface area contributed by atoms with E-state index in [4.69, 9.17) is 0 Å². The van der Waals surface area contributed by atoms with Crippen LogP contribution in [0.3, 0.4) is 0 Å². The van der Waals surface area contributed by atoms with Crippen molar-refractivity contribution in [2.45, 2.75) is 278 Å². The topological polar surface area (TPSA) is 64.1 Å². The van der Waals surface area contributed by atoms with Crippen molar-refractivity contribution < 1.29 is 14.7 Å². The zero-order valence-corrected chi connectivity index (χ0v) is 40.8. The molecule has 59 heavy (non-hydrogen) atoms. The number of carbonyl (C=O) groups excluding carboxylic acids is 2. The highest BCUT2D eigenvalue weighted by molar-refractivity contribution is 5.76. The van der Waals surface area contributed by atoms with Crippen molar-refractivity contribution >= 4 is 11.8 Å². The fourth-order valence-electron chi connectivity index (χ4n) is 8.65. The van der Waals surface area contributed by atoms with Gasteiger partial charge in [0, 0.05) is 45.6 Å². The van der Waals surface area contributed by atoms with Gasteiger partial charge in [0.2, 0.25) is 11.8 Å². The molecule has 0 bridgehead atoms. The monoisotopic (exact) mass is 834 g/mol. The Balaban J connectivity index is 5.09. The van der Waals surface area contributed by atoms with Gasteiger partial charge in [0.15, 0.2) is 0 Å². The first-order valence-electron chi connectivity index (χ1n) is 26.9. The number of rotatable bonds is 49. The summed E-state index contributed by atoms with van der Waals surface area (Å²) in [4.78, 5) is 34.3. The van der Waals surface area contributed by atoms with Gasteiger partial charge in [-0.1, -0.05) is 207 Å². The maximum atomic E-state index is 13.7. The van der Waals surface area contributed by atoms with Crippen LogP contribution in [0.25, 0.3) is 0 Å². The van der Waals surface area contributed by atoms with E-state index in [0.29, 0.717) is 24.7 Å². The number of unbranched alkanes of at least 4 members (excludes halogenated alkanes) is 30. The van der Waals surface area contributed by atoms with Crippen LogP contribution < -0.4 is 0 Å². The lowest BCUT2D eigenvalue weighted by Gasteiger charge is -2.26. The minimum absolute atomic E-state index is 0.254. The molecule has 2 amide bonds. The molecule has 352 valence electrons. The van der Waals surface area contributed by atoms with Crippen LogP contribution in [0.4, 0.5) is 0 Å². The molecule has 0 radical (unpaired) electrons. The van der Waals surface area contributed by atoms with Gasteiger partial charge in [-0.2, -0.15) is 0 Å². The molecule has 0 unspecified atom stereocenters. The van der Waals surface area contributed by atoms with Crippen LogP contribution in [0.5, 0.6) is 0 Å². The van der Waals surface area contributed by atoms with Crippen LogP contribution in [-0.2, 0) is 9.59 Å². The Morgan fingerprint density at radius 2 is 0.508 bits per heavy atom. The quantitative estimate of drug-likeness (QED) is 0.0620. The number of hydrogen-bond donors (Lipinski definition) is 1. The van der Waals surface area contributed by atoms with Gasteiger partial charge in [0.1, 0.15) is 0 Å². The normalized spacial score (nSPS) is 11.6. The van der Waals surface area contributed by atoms with Gasteiger partial charge in [0.25, 0.3) is 0 Å². The van der Waals surface area contributed by atoms with E-state index in [9.17, 15) is 14.7 Å². The first-order chi connectivity index (χ1) is 29.0. The number of aliphatic hydroxyl groups excluding tert-OH is 1. The summed E-state index contributed by atoms with van der Waals surface area (Å²) in [5.41, 5.74) is 0. The molecule has 0 aromatic carbocycles. The second-order valence-corrected chi connectivity index (χ2v) is 18.5. The Bertz CT molecular complexity index is 752. The van der Waals surface area contributed by atoms with E-state index in [-0.39, 0.29) is 6.61 Å². The predicted octanol–water partition coefficient (Wildman–Crippen LogP) is 15.2. The molecule has 0 saturated heterocycles. The Hall–Kier alpha value is -1.14. The maximum absolute atomic E-state index is 13.7. The second-order valence-electron chi connectivity index (χ2n) is 18.5. The summed E-state index contributed by atoms with van der Waals surface area (Å²) in [6, 6.07) is 0. The summed E-state index contributed by atoms with van der Waals surface area (Å²) in [5, 5.41) is 9.38. The van der Waals surface area contributed by atoms with Gasteiger partial charge in [-0.25, -0.2) is 0 Å². The summed E-state index contributed by atoms with van der Waals surface area (Å²) >= 11 is 0. The summed E-state index contributed by atoms with van der Waals surface area (Å²) in [6.45, 7) is 15.9. The molecule has 0 aliphatic carbocycles. The van der Waals surface area contributed by atoms with E-state index in [2.05, 4.69) is 42.4 Å². The van der Waals surface area contributed by atoms with Gasteiger partial charge in [0.05, 0.1) is 0 Å². The van der Waals surface area contributed by atoms with E-state index in [0.717, 1.165) is 104 Å². The standard InChI is InChI=1S/C53H107N3O3/c1-5-9-13-17-21-25-29-35-47-55(48-36-30-26-22-18-14-10-6-2)52(58)42-40-45-54(44-34-33-39-51-57)46-41-43-53(59)56(49-37-31-27-23-19-15-11-7-3)50-38-32-28-24-20-16-12-8-4/h57H,5-51H2,1-4H3. The fraction of sp³-hybridized carbons (Fsp3) is 0.962. The number of hydrogen-bond acceptors (Lipinski definition) is 4. The van der Waals surface area contributed by atoms with Gasteiger partial charge < -0.3 is 19.8 Å². The zero-order valence-electron chi connectivity index (χ0n) is 40.8. The van der Waals surface area contributed by atoms with E-state index in [1.54, 1.807) is 0 Å². The van der Waals surface area contributed by atoms with E-state index >= 15 is 0 Å². The Kier molecular flexibility index (Phi) is 47.0. The molecule has 0 fully saturated rings. The molecule has 0 atom stereocenters. The van der Waals surface area contributed by atoms with Crippen molar-refractivity contribution in [1.82, 2.24) is 14.7 Å². The average Bonchev–Trinajstić information content (AvgIpc) is 3.24. The highest BCUT2D eigenvalue weighted by atomic mass is 16.3. The van der Waals surface area contributed by atoms with Crippen molar-refractivity contribution in [1.29, 1.82) is 0 Å². The molecule has 0 heterocycles. The van der Waals surface area contributed by atoms with Gasteiger partial charge >= 0.3 is 0 Å². The third-order valence-electron chi connectivity index (χ3n) is 12.7. The van der Waals surface area contributed by atoms with Crippen LogP contribution in [0, 0.1) is 0 Å². The summed E-state index contributed by atoms with van der Waals surface area (Å²) in [7, 11) is 0. The minimum atomic E-state index is 0.254. The first-order valence-corrected chi connectivity index (χ1v) is 26.9. The van der Waals surface area contributed by atoms with Crippen molar-refractivity contribution in [2.75, 3.05) is 52.4 Å². The lowest BCUT2D eigenvalue weighted by Crippen LogP contribution is -2.35. The minimum Gasteiger partial charge on any atom is -0.396 e. The maximum Gasteiger partial charge on any atom is 0.222 e. The number of amides is 2. The van der Waals surface area contributed by atoms with Crippen LogP contribution in [0.1, 0.15) is 278 Å². The molecule has 0 spiro atoms. The average molecular weight is 834 g/mol. The molecule has 6 nitrogen and oxygen atoms in total. The van der Waals surface area contributed by atoms with Crippen molar-refractivity contribution in [3.05, 3.63) is 0 Å². The summed E-state index contributed by atoms with van der Waals surface area (Å²) < 4.78 is 0. The Morgan fingerprint density at radius 3 is 0.780 bits per heavy atom. The van der Waals surface area contributed by atoms with Crippen LogP contribution >= 0.6 is 0 Å². The third kappa shape index (κ3) is 40.7. The second kappa shape index (κ2) is 47.9. The molecule has 0 rings (SSSR count). The Morgan fingerprint density at radius 1 is 0.288 bits per heavy atom. The molecule has 0 aromatic heterocycles. The van der Waals surface area contributed by atoms with Gasteiger partial charge in [-0.15, -0.1) is 0 Å². The van der Waals surface area contributed by atoms with E-state index in [1.807, 2.05) is 0 Å². The van der Waals surface area contributed by atoms with Crippen LogP contribution in [-0.4, -0.2) is 84.0 Å². The fourth-order valence-corrected chi connectivity index (χ4v) is 8.65. The van der Waals surface area contributed by atoms with Crippen molar-refractivity contribution in [3.63, 3.8) is 0 Å². The lowest BCUT2D eigenvalue weighted by atomic mass is 10.1. The SMILES string of the molecule is CCCCCCCCCCN(CCCCCCCCCC)C(=O)CCCN(CCCCCO)CCCC(=O)N(CCCCCCCCCC)CCCCCCCCCC.